The Morgan fingerprint density at radius 3 is 2.71 bits per heavy atom. The van der Waals surface area contributed by atoms with E-state index in [1.807, 2.05) is 12.1 Å². The third-order valence-electron chi connectivity index (χ3n) is 2.33. The van der Waals surface area contributed by atoms with E-state index in [-0.39, 0.29) is 5.91 Å². The summed E-state index contributed by atoms with van der Waals surface area (Å²) in [5.74, 6) is 0.580. The summed E-state index contributed by atoms with van der Waals surface area (Å²) in [4.78, 5) is 11.6. The van der Waals surface area contributed by atoms with E-state index in [4.69, 9.17) is 11.6 Å². The third kappa shape index (κ3) is 5.71. The number of para-hydroxylation sites is 1. The number of benzene rings is 1. The third-order valence-corrected chi connectivity index (χ3v) is 2.66. The molecule has 0 aromatic heterocycles. The van der Waals surface area contributed by atoms with E-state index in [2.05, 4.69) is 24.5 Å². The first kappa shape index (κ1) is 14.0. The average Bonchev–Trinajstić information content (AvgIpc) is 2.27. The molecule has 3 nitrogen and oxygen atoms in total. The van der Waals surface area contributed by atoms with Gasteiger partial charge in [-0.1, -0.05) is 37.6 Å². The van der Waals surface area contributed by atoms with E-state index in [0.29, 0.717) is 23.2 Å². The SMILES string of the molecule is CC(C)CCNCC(=O)Nc1ccccc1Cl. The summed E-state index contributed by atoms with van der Waals surface area (Å²) in [6.45, 7) is 5.49. The lowest BCUT2D eigenvalue weighted by molar-refractivity contribution is -0.115. The van der Waals surface area contributed by atoms with Crippen LogP contribution in [-0.4, -0.2) is 19.0 Å². The van der Waals surface area contributed by atoms with Crippen LogP contribution in [0, 0.1) is 5.92 Å². The largest absolute Gasteiger partial charge is 0.324 e. The zero-order chi connectivity index (χ0) is 12.7. The maximum atomic E-state index is 11.6. The molecule has 0 saturated heterocycles. The zero-order valence-corrected chi connectivity index (χ0v) is 11.1. The Morgan fingerprint density at radius 2 is 2.06 bits per heavy atom. The highest BCUT2D eigenvalue weighted by Crippen LogP contribution is 2.19. The Kier molecular flexibility index (Phi) is 6.01. The van der Waals surface area contributed by atoms with Gasteiger partial charge < -0.3 is 10.6 Å². The van der Waals surface area contributed by atoms with Crippen molar-refractivity contribution in [1.82, 2.24) is 5.32 Å². The zero-order valence-electron chi connectivity index (χ0n) is 10.3. The normalized spacial score (nSPS) is 10.6. The van der Waals surface area contributed by atoms with Gasteiger partial charge in [-0.15, -0.1) is 0 Å². The second kappa shape index (κ2) is 7.30. The first-order valence-electron chi connectivity index (χ1n) is 5.84. The fourth-order valence-electron chi connectivity index (χ4n) is 1.35. The van der Waals surface area contributed by atoms with Crippen LogP contribution >= 0.6 is 11.6 Å². The first-order chi connectivity index (χ1) is 8.09. The van der Waals surface area contributed by atoms with Gasteiger partial charge in [0.25, 0.3) is 0 Å². The Bertz CT molecular complexity index is 366. The Hall–Kier alpha value is -1.06. The molecule has 0 aliphatic carbocycles. The van der Waals surface area contributed by atoms with Gasteiger partial charge in [-0.3, -0.25) is 4.79 Å². The molecule has 1 aromatic carbocycles. The molecule has 2 N–H and O–H groups in total. The Labute approximate surface area is 108 Å². The van der Waals surface area contributed by atoms with E-state index < -0.39 is 0 Å². The van der Waals surface area contributed by atoms with Crippen LogP contribution in [0.1, 0.15) is 20.3 Å². The van der Waals surface area contributed by atoms with Crippen molar-refractivity contribution in [2.24, 2.45) is 5.92 Å². The van der Waals surface area contributed by atoms with Gasteiger partial charge >= 0.3 is 0 Å². The van der Waals surface area contributed by atoms with Crippen LogP contribution < -0.4 is 10.6 Å². The molecular weight excluding hydrogens is 236 g/mol. The maximum absolute atomic E-state index is 11.6. The molecule has 0 aliphatic heterocycles. The number of nitrogens with one attached hydrogen (secondary N) is 2. The van der Waals surface area contributed by atoms with Crippen molar-refractivity contribution < 1.29 is 4.79 Å². The van der Waals surface area contributed by atoms with Crippen molar-refractivity contribution in [1.29, 1.82) is 0 Å². The number of carbonyl (C=O) groups is 1. The summed E-state index contributed by atoms with van der Waals surface area (Å²) >= 11 is 5.94. The molecular formula is C13H19ClN2O. The highest BCUT2D eigenvalue weighted by molar-refractivity contribution is 6.33. The number of halogens is 1. The van der Waals surface area contributed by atoms with Gasteiger partial charge in [0.2, 0.25) is 5.91 Å². The minimum atomic E-state index is -0.0677. The number of carbonyl (C=O) groups excluding carboxylic acids is 1. The quantitative estimate of drug-likeness (QED) is 0.767. The van der Waals surface area contributed by atoms with Crippen LogP contribution in [0.25, 0.3) is 0 Å². The van der Waals surface area contributed by atoms with Gasteiger partial charge in [-0.25, -0.2) is 0 Å². The highest BCUT2D eigenvalue weighted by atomic mass is 35.5. The lowest BCUT2D eigenvalue weighted by atomic mass is 10.1. The fourth-order valence-corrected chi connectivity index (χ4v) is 1.53. The summed E-state index contributed by atoms with van der Waals surface area (Å²) in [7, 11) is 0. The Morgan fingerprint density at radius 1 is 1.35 bits per heavy atom. The molecule has 0 radical (unpaired) electrons. The predicted octanol–water partition coefficient (Wildman–Crippen LogP) is 2.91. The smallest absolute Gasteiger partial charge is 0.238 e. The summed E-state index contributed by atoms with van der Waals surface area (Å²) in [5, 5.41) is 6.42. The van der Waals surface area contributed by atoms with E-state index in [9.17, 15) is 4.79 Å². The molecule has 0 aliphatic rings. The molecule has 1 rings (SSSR count). The predicted molar refractivity (Wildman–Crippen MR) is 72.4 cm³/mol. The lowest BCUT2D eigenvalue weighted by Gasteiger charge is -2.08. The molecule has 4 heteroatoms. The van der Waals surface area contributed by atoms with Gasteiger partial charge in [0.05, 0.1) is 17.3 Å². The molecule has 94 valence electrons. The molecule has 0 fully saturated rings. The van der Waals surface area contributed by atoms with Crippen LogP contribution in [-0.2, 0) is 4.79 Å². The van der Waals surface area contributed by atoms with Crippen LogP contribution in [0.5, 0.6) is 0 Å². The minimum absolute atomic E-state index is 0.0677. The van der Waals surface area contributed by atoms with Gasteiger partial charge in [-0.2, -0.15) is 0 Å². The molecule has 0 heterocycles. The van der Waals surface area contributed by atoms with Crippen LogP contribution in [0.3, 0.4) is 0 Å². The Balaban J connectivity index is 2.28. The fraction of sp³-hybridized carbons (Fsp3) is 0.462. The maximum Gasteiger partial charge on any atom is 0.238 e. The van der Waals surface area contributed by atoms with E-state index in [0.717, 1.165) is 13.0 Å². The molecule has 0 atom stereocenters. The summed E-state index contributed by atoms with van der Waals surface area (Å²) in [5.41, 5.74) is 0.657. The molecule has 0 bridgehead atoms. The van der Waals surface area contributed by atoms with Crippen molar-refractivity contribution in [3.8, 4) is 0 Å². The van der Waals surface area contributed by atoms with Gasteiger partial charge in [0.1, 0.15) is 0 Å². The molecule has 0 spiro atoms. The number of anilines is 1. The molecule has 1 amide bonds. The van der Waals surface area contributed by atoms with E-state index in [1.54, 1.807) is 12.1 Å². The lowest BCUT2D eigenvalue weighted by Crippen LogP contribution is -2.29. The van der Waals surface area contributed by atoms with Crippen LogP contribution in [0.4, 0.5) is 5.69 Å². The second-order valence-corrected chi connectivity index (χ2v) is 4.79. The van der Waals surface area contributed by atoms with Crippen molar-refractivity contribution in [2.75, 3.05) is 18.4 Å². The molecule has 0 saturated carbocycles. The van der Waals surface area contributed by atoms with E-state index >= 15 is 0 Å². The van der Waals surface area contributed by atoms with Crippen molar-refractivity contribution in [2.45, 2.75) is 20.3 Å². The molecule has 17 heavy (non-hydrogen) atoms. The van der Waals surface area contributed by atoms with Crippen molar-refractivity contribution in [3.63, 3.8) is 0 Å². The van der Waals surface area contributed by atoms with Crippen LogP contribution in [0.15, 0.2) is 24.3 Å². The van der Waals surface area contributed by atoms with E-state index in [1.165, 1.54) is 0 Å². The summed E-state index contributed by atoms with van der Waals surface area (Å²) in [6, 6.07) is 7.21. The standard InChI is InChI=1S/C13H19ClN2O/c1-10(2)7-8-15-9-13(17)16-12-6-4-3-5-11(12)14/h3-6,10,15H,7-9H2,1-2H3,(H,16,17). The number of rotatable bonds is 6. The summed E-state index contributed by atoms with van der Waals surface area (Å²) in [6.07, 6.45) is 1.07. The number of hydrogen-bond acceptors (Lipinski definition) is 2. The number of amides is 1. The van der Waals surface area contributed by atoms with Crippen molar-refractivity contribution in [3.05, 3.63) is 29.3 Å². The monoisotopic (exact) mass is 254 g/mol. The van der Waals surface area contributed by atoms with Gasteiger partial charge in [0, 0.05) is 0 Å². The highest BCUT2D eigenvalue weighted by Gasteiger charge is 2.04. The van der Waals surface area contributed by atoms with Crippen LogP contribution in [0.2, 0.25) is 5.02 Å². The second-order valence-electron chi connectivity index (χ2n) is 4.39. The van der Waals surface area contributed by atoms with Gasteiger partial charge in [-0.05, 0) is 31.0 Å². The topological polar surface area (TPSA) is 41.1 Å². The van der Waals surface area contributed by atoms with Crippen molar-refractivity contribution >= 4 is 23.2 Å². The molecule has 1 aromatic rings. The summed E-state index contributed by atoms with van der Waals surface area (Å²) < 4.78 is 0. The minimum Gasteiger partial charge on any atom is -0.324 e. The number of hydrogen-bond donors (Lipinski definition) is 2. The van der Waals surface area contributed by atoms with Gasteiger partial charge in [0.15, 0.2) is 0 Å². The average molecular weight is 255 g/mol. The molecule has 0 unspecified atom stereocenters. The first-order valence-corrected chi connectivity index (χ1v) is 6.22.